The Hall–Kier alpha value is -2.61. The van der Waals surface area contributed by atoms with Crippen molar-refractivity contribution in [2.75, 3.05) is 4.72 Å². The summed E-state index contributed by atoms with van der Waals surface area (Å²) >= 11 is 0. The number of hydrogen-bond donors (Lipinski definition) is 2. The fourth-order valence-corrected chi connectivity index (χ4v) is 3.07. The van der Waals surface area contributed by atoms with Crippen molar-refractivity contribution in [2.45, 2.75) is 52.6 Å². The first kappa shape index (κ1) is 21.7. The lowest BCUT2D eigenvalue weighted by molar-refractivity contribution is 0.0570. The van der Waals surface area contributed by atoms with Crippen molar-refractivity contribution in [2.24, 2.45) is 0 Å². The monoisotopic (exact) mass is 405 g/mol. The molecule has 0 unspecified atom stereocenters. The molecule has 1 heterocycles. The van der Waals surface area contributed by atoms with Crippen molar-refractivity contribution < 1.29 is 17.9 Å². The number of carbonyl (C=O) groups excluding carboxylic acids is 1. The molecule has 152 valence electrons. The average molecular weight is 406 g/mol. The largest absolute Gasteiger partial charge is 0.443 e. The third-order valence-electron chi connectivity index (χ3n) is 3.70. The van der Waals surface area contributed by atoms with Crippen molar-refractivity contribution in [3.63, 3.8) is 0 Å². The lowest BCUT2D eigenvalue weighted by Crippen LogP contribution is -2.39. The summed E-state index contributed by atoms with van der Waals surface area (Å²) in [5.74, 6) is 0.0890. The Balaban J connectivity index is 2.07. The molecule has 1 aromatic carbocycles. The van der Waals surface area contributed by atoms with Gasteiger partial charge in [-0.25, -0.2) is 14.5 Å². The van der Waals surface area contributed by atoms with Crippen LogP contribution in [0.4, 0.5) is 10.6 Å². The first-order chi connectivity index (χ1) is 12.8. The zero-order chi connectivity index (χ0) is 21.2. The summed E-state index contributed by atoms with van der Waals surface area (Å²) in [5.41, 5.74) is 2.31. The van der Waals surface area contributed by atoms with Crippen LogP contribution in [0.5, 0.6) is 0 Å². The van der Waals surface area contributed by atoms with E-state index < -0.39 is 21.9 Å². The normalized spacial score (nSPS) is 12.4. The van der Waals surface area contributed by atoms with Gasteiger partial charge in [0.2, 0.25) is 0 Å². The molecule has 0 saturated heterocycles. The van der Waals surface area contributed by atoms with Gasteiger partial charge in [0.15, 0.2) is 0 Å². The Morgan fingerprint density at radius 1 is 0.929 bits per heavy atom. The molecule has 8 heteroatoms. The zero-order valence-corrected chi connectivity index (χ0v) is 17.8. The summed E-state index contributed by atoms with van der Waals surface area (Å²) in [6.07, 6.45) is 0.507. The fraction of sp³-hybridized carbons (Fsp3) is 0.400. The Kier molecular flexibility index (Phi) is 6.03. The van der Waals surface area contributed by atoms with Gasteiger partial charge in [-0.05, 0) is 49.4 Å². The molecule has 2 aromatic rings. The van der Waals surface area contributed by atoms with Crippen LogP contribution >= 0.6 is 0 Å². The number of aromatic nitrogens is 1. The maximum atomic E-state index is 12.0. The molecule has 0 radical (unpaired) electrons. The highest BCUT2D eigenvalue weighted by Gasteiger charge is 2.21. The Bertz CT molecular complexity index is 923. The second-order valence-electron chi connectivity index (χ2n) is 8.47. The number of anilines is 1. The van der Waals surface area contributed by atoms with Crippen LogP contribution in [0.2, 0.25) is 0 Å². The highest BCUT2D eigenvalue weighted by atomic mass is 32.2. The molecule has 28 heavy (non-hydrogen) atoms. The van der Waals surface area contributed by atoms with Crippen molar-refractivity contribution in [1.29, 1.82) is 0 Å². The number of nitrogens with zero attached hydrogens (tertiary/aromatic N) is 1. The first-order valence-corrected chi connectivity index (χ1v) is 10.3. The number of carbonyl (C=O) groups is 1. The van der Waals surface area contributed by atoms with Gasteiger partial charge in [-0.1, -0.05) is 45.0 Å². The number of ether oxygens (including phenoxy) is 1. The highest BCUT2D eigenvalue weighted by molar-refractivity contribution is 7.91. The highest BCUT2D eigenvalue weighted by Crippen LogP contribution is 2.26. The number of benzene rings is 1. The molecule has 7 nitrogen and oxygen atoms in total. The molecule has 0 spiro atoms. The maximum Gasteiger partial charge on any atom is 0.422 e. The summed E-state index contributed by atoms with van der Waals surface area (Å²) in [4.78, 5) is 15.7. The molecule has 0 saturated carbocycles. The van der Waals surface area contributed by atoms with Gasteiger partial charge in [-0.3, -0.25) is 4.72 Å². The minimum atomic E-state index is -4.14. The topological polar surface area (TPSA) is 97.4 Å². The molecule has 0 bridgehead atoms. The van der Waals surface area contributed by atoms with Gasteiger partial charge in [-0.2, -0.15) is 8.42 Å². The second kappa shape index (κ2) is 7.79. The number of rotatable bonds is 4. The van der Waals surface area contributed by atoms with E-state index in [9.17, 15) is 13.2 Å². The molecule has 0 aliphatic heterocycles. The quantitative estimate of drug-likeness (QED) is 0.793. The van der Waals surface area contributed by atoms with E-state index in [-0.39, 0.29) is 11.2 Å². The standard InChI is InChI=1S/C20H27N3O4S/c1-19(2,3)16-10-7-14(8-11-16)15-9-12-17(21-13-15)22-28(25,26)23-18(24)27-20(4,5)6/h7-13H,1-6H3,(H,21,22)(H,23,24). The molecule has 1 aromatic heterocycles. The Labute approximate surface area is 166 Å². The van der Waals surface area contributed by atoms with Crippen molar-refractivity contribution in [3.05, 3.63) is 48.2 Å². The lowest BCUT2D eigenvalue weighted by atomic mass is 9.86. The van der Waals surface area contributed by atoms with E-state index in [0.29, 0.717) is 0 Å². The molecule has 0 aliphatic rings. The number of amides is 1. The maximum absolute atomic E-state index is 12.0. The smallest absolute Gasteiger partial charge is 0.422 e. The van der Waals surface area contributed by atoms with Crippen molar-refractivity contribution in [3.8, 4) is 11.1 Å². The van der Waals surface area contributed by atoms with Crippen LogP contribution in [0.1, 0.15) is 47.1 Å². The Morgan fingerprint density at radius 2 is 1.50 bits per heavy atom. The van der Waals surface area contributed by atoms with E-state index >= 15 is 0 Å². The van der Waals surface area contributed by atoms with Gasteiger partial charge in [-0.15, -0.1) is 0 Å². The van der Waals surface area contributed by atoms with Crippen LogP contribution in [0.25, 0.3) is 11.1 Å². The van der Waals surface area contributed by atoms with Gasteiger partial charge >= 0.3 is 16.3 Å². The van der Waals surface area contributed by atoms with Crippen LogP contribution in [-0.2, 0) is 20.4 Å². The summed E-state index contributed by atoms with van der Waals surface area (Å²) < 4.78 is 33.0. The van der Waals surface area contributed by atoms with Crippen LogP contribution < -0.4 is 9.44 Å². The number of hydrogen-bond acceptors (Lipinski definition) is 5. The fourth-order valence-electron chi connectivity index (χ4n) is 2.36. The van der Waals surface area contributed by atoms with E-state index in [2.05, 4.69) is 42.6 Å². The molecular weight excluding hydrogens is 378 g/mol. The average Bonchev–Trinajstić information content (AvgIpc) is 2.52. The van der Waals surface area contributed by atoms with Gasteiger partial charge in [0, 0.05) is 11.8 Å². The summed E-state index contributed by atoms with van der Waals surface area (Å²) in [6, 6.07) is 11.4. The molecule has 2 N–H and O–H groups in total. The van der Waals surface area contributed by atoms with Crippen LogP contribution in [0.3, 0.4) is 0 Å². The Morgan fingerprint density at radius 3 is 1.96 bits per heavy atom. The molecule has 0 fully saturated rings. The van der Waals surface area contributed by atoms with Gasteiger partial charge in [0.05, 0.1) is 0 Å². The number of pyridine rings is 1. The third-order valence-corrected chi connectivity index (χ3v) is 4.62. The summed E-state index contributed by atoms with van der Waals surface area (Å²) in [7, 11) is -4.14. The predicted molar refractivity (Wildman–Crippen MR) is 110 cm³/mol. The summed E-state index contributed by atoms with van der Waals surface area (Å²) in [5, 5.41) is 0. The van der Waals surface area contributed by atoms with Gasteiger partial charge in [0.1, 0.15) is 11.4 Å². The SMILES string of the molecule is CC(C)(C)OC(=O)NS(=O)(=O)Nc1ccc(-c2ccc(C(C)(C)C)cc2)cn1. The van der Waals surface area contributed by atoms with Gasteiger partial charge in [0.25, 0.3) is 0 Å². The van der Waals surface area contributed by atoms with Crippen LogP contribution in [0, 0.1) is 0 Å². The van der Waals surface area contributed by atoms with Crippen LogP contribution in [0.15, 0.2) is 42.6 Å². The molecule has 1 amide bonds. The third kappa shape index (κ3) is 6.53. The molecule has 2 rings (SSSR count). The van der Waals surface area contributed by atoms with Crippen molar-refractivity contribution >= 4 is 22.1 Å². The van der Waals surface area contributed by atoms with Gasteiger partial charge < -0.3 is 4.74 Å². The summed E-state index contributed by atoms with van der Waals surface area (Å²) in [6.45, 7) is 11.4. The minimum absolute atomic E-state index is 0.0695. The lowest BCUT2D eigenvalue weighted by Gasteiger charge is -2.19. The van der Waals surface area contributed by atoms with E-state index in [1.54, 1.807) is 37.8 Å². The van der Waals surface area contributed by atoms with Crippen LogP contribution in [-0.4, -0.2) is 25.1 Å². The van der Waals surface area contributed by atoms with Crippen molar-refractivity contribution in [1.82, 2.24) is 9.71 Å². The second-order valence-corrected chi connectivity index (χ2v) is 9.88. The first-order valence-electron chi connectivity index (χ1n) is 8.86. The molecule has 0 aliphatic carbocycles. The predicted octanol–water partition coefficient (Wildman–Crippen LogP) is 4.23. The van der Waals surface area contributed by atoms with E-state index in [4.69, 9.17) is 4.74 Å². The molecule has 0 atom stereocenters. The minimum Gasteiger partial charge on any atom is -0.443 e. The van der Waals surface area contributed by atoms with E-state index in [1.165, 1.54) is 11.6 Å². The number of nitrogens with one attached hydrogen (secondary N) is 2. The van der Waals surface area contributed by atoms with E-state index in [0.717, 1.165) is 11.1 Å². The van der Waals surface area contributed by atoms with E-state index in [1.807, 2.05) is 12.1 Å². The molecular formula is C20H27N3O4S. The zero-order valence-electron chi connectivity index (χ0n) is 17.0.